The Morgan fingerprint density at radius 1 is 1.54 bits per heavy atom. The summed E-state index contributed by atoms with van der Waals surface area (Å²) in [4.78, 5) is 0. The standard InChI is InChI=1S/C10H15FN2/c1-7-4-3-5-9(10(7)11)13-8(2)6-12/h3-5,8,13H,6,12H2,1-2H3. The molecule has 72 valence electrons. The summed E-state index contributed by atoms with van der Waals surface area (Å²) in [5.41, 5.74) is 6.60. The molecule has 13 heavy (non-hydrogen) atoms. The number of aryl methyl sites for hydroxylation is 1. The average Bonchev–Trinajstić information content (AvgIpc) is 2.13. The highest BCUT2D eigenvalue weighted by molar-refractivity contribution is 5.48. The quantitative estimate of drug-likeness (QED) is 0.749. The van der Waals surface area contributed by atoms with E-state index in [1.165, 1.54) is 0 Å². The molecule has 3 N–H and O–H groups in total. The van der Waals surface area contributed by atoms with Crippen molar-refractivity contribution in [3.8, 4) is 0 Å². The van der Waals surface area contributed by atoms with E-state index in [0.717, 1.165) is 0 Å². The van der Waals surface area contributed by atoms with Crippen molar-refractivity contribution in [3.05, 3.63) is 29.6 Å². The third-order valence-corrected chi connectivity index (χ3v) is 1.95. The molecule has 0 bridgehead atoms. The van der Waals surface area contributed by atoms with Crippen LogP contribution in [0.4, 0.5) is 10.1 Å². The Labute approximate surface area is 77.9 Å². The fraction of sp³-hybridized carbons (Fsp3) is 0.400. The van der Waals surface area contributed by atoms with Gasteiger partial charge in [0.15, 0.2) is 0 Å². The summed E-state index contributed by atoms with van der Waals surface area (Å²) >= 11 is 0. The normalized spacial score (nSPS) is 12.6. The smallest absolute Gasteiger partial charge is 0.149 e. The molecule has 1 rings (SSSR count). The first-order valence-electron chi connectivity index (χ1n) is 4.37. The minimum atomic E-state index is -0.192. The van der Waals surface area contributed by atoms with Crippen molar-refractivity contribution in [2.45, 2.75) is 19.9 Å². The Balaban J connectivity index is 2.83. The third kappa shape index (κ3) is 2.42. The Morgan fingerprint density at radius 2 is 2.23 bits per heavy atom. The second-order valence-electron chi connectivity index (χ2n) is 3.22. The average molecular weight is 182 g/mol. The highest BCUT2D eigenvalue weighted by atomic mass is 19.1. The van der Waals surface area contributed by atoms with E-state index in [9.17, 15) is 4.39 Å². The molecular formula is C10H15FN2. The van der Waals surface area contributed by atoms with Gasteiger partial charge in [-0.1, -0.05) is 12.1 Å². The van der Waals surface area contributed by atoms with Gasteiger partial charge in [0.1, 0.15) is 5.82 Å². The molecule has 0 aliphatic rings. The summed E-state index contributed by atoms with van der Waals surface area (Å²) in [6.45, 7) is 4.16. The summed E-state index contributed by atoms with van der Waals surface area (Å²) in [6.07, 6.45) is 0. The molecule has 0 heterocycles. The molecule has 0 saturated carbocycles. The van der Waals surface area contributed by atoms with Gasteiger partial charge in [0, 0.05) is 12.6 Å². The van der Waals surface area contributed by atoms with Crippen molar-refractivity contribution in [2.24, 2.45) is 5.73 Å². The van der Waals surface area contributed by atoms with E-state index in [4.69, 9.17) is 5.73 Å². The number of nitrogens with two attached hydrogens (primary N) is 1. The van der Waals surface area contributed by atoms with Crippen LogP contribution in [0.1, 0.15) is 12.5 Å². The molecule has 0 radical (unpaired) electrons. The molecule has 0 spiro atoms. The van der Waals surface area contributed by atoms with Crippen LogP contribution < -0.4 is 11.1 Å². The maximum absolute atomic E-state index is 13.4. The predicted molar refractivity (Wildman–Crippen MR) is 53.3 cm³/mol. The second-order valence-corrected chi connectivity index (χ2v) is 3.22. The second kappa shape index (κ2) is 4.23. The van der Waals surface area contributed by atoms with Crippen LogP contribution in [-0.4, -0.2) is 12.6 Å². The monoisotopic (exact) mass is 182 g/mol. The van der Waals surface area contributed by atoms with Gasteiger partial charge < -0.3 is 11.1 Å². The molecule has 0 saturated heterocycles. The molecular weight excluding hydrogens is 167 g/mol. The lowest BCUT2D eigenvalue weighted by atomic mass is 10.2. The van der Waals surface area contributed by atoms with Crippen LogP contribution in [0.5, 0.6) is 0 Å². The zero-order valence-corrected chi connectivity index (χ0v) is 7.97. The SMILES string of the molecule is Cc1cccc(NC(C)CN)c1F. The molecule has 0 amide bonds. The highest BCUT2D eigenvalue weighted by Gasteiger charge is 2.06. The van der Waals surface area contributed by atoms with Gasteiger partial charge in [-0.15, -0.1) is 0 Å². The van der Waals surface area contributed by atoms with Crippen molar-refractivity contribution in [1.29, 1.82) is 0 Å². The molecule has 0 fully saturated rings. The zero-order chi connectivity index (χ0) is 9.84. The lowest BCUT2D eigenvalue weighted by molar-refractivity contribution is 0.617. The number of hydrogen-bond acceptors (Lipinski definition) is 2. The minimum Gasteiger partial charge on any atom is -0.379 e. The maximum atomic E-state index is 13.4. The third-order valence-electron chi connectivity index (χ3n) is 1.95. The molecule has 1 aromatic carbocycles. The summed E-state index contributed by atoms with van der Waals surface area (Å²) in [5, 5.41) is 3.00. The molecule has 0 aliphatic heterocycles. The van der Waals surface area contributed by atoms with Crippen LogP contribution in [-0.2, 0) is 0 Å². The van der Waals surface area contributed by atoms with Gasteiger partial charge in [-0.2, -0.15) is 0 Å². The molecule has 0 aromatic heterocycles. The van der Waals surface area contributed by atoms with E-state index in [1.807, 2.05) is 13.0 Å². The molecule has 3 heteroatoms. The first-order valence-corrected chi connectivity index (χ1v) is 4.37. The van der Waals surface area contributed by atoms with Crippen LogP contribution in [0.25, 0.3) is 0 Å². The van der Waals surface area contributed by atoms with E-state index < -0.39 is 0 Å². The summed E-state index contributed by atoms with van der Waals surface area (Å²) in [5.74, 6) is -0.192. The lowest BCUT2D eigenvalue weighted by Gasteiger charge is -2.14. The van der Waals surface area contributed by atoms with Crippen LogP contribution in [0.15, 0.2) is 18.2 Å². The van der Waals surface area contributed by atoms with E-state index >= 15 is 0 Å². The fourth-order valence-corrected chi connectivity index (χ4v) is 1.08. The number of nitrogens with one attached hydrogen (secondary N) is 1. The van der Waals surface area contributed by atoms with E-state index in [1.54, 1.807) is 19.1 Å². The van der Waals surface area contributed by atoms with Crippen molar-refractivity contribution in [3.63, 3.8) is 0 Å². The zero-order valence-electron chi connectivity index (χ0n) is 7.97. The number of halogens is 1. The summed E-state index contributed by atoms with van der Waals surface area (Å²) in [7, 11) is 0. The number of anilines is 1. The van der Waals surface area contributed by atoms with E-state index in [0.29, 0.717) is 17.8 Å². The van der Waals surface area contributed by atoms with Gasteiger partial charge in [0.25, 0.3) is 0 Å². The number of benzene rings is 1. The van der Waals surface area contributed by atoms with Gasteiger partial charge in [-0.25, -0.2) is 4.39 Å². The lowest BCUT2D eigenvalue weighted by Crippen LogP contribution is -2.25. The fourth-order valence-electron chi connectivity index (χ4n) is 1.08. The summed E-state index contributed by atoms with van der Waals surface area (Å²) < 4.78 is 13.4. The first kappa shape index (κ1) is 9.99. The van der Waals surface area contributed by atoms with Crippen LogP contribution in [0, 0.1) is 12.7 Å². The van der Waals surface area contributed by atoms with Gasteiger partial charge in [0.05, 0.1) is 5.69 Å². The maximum Gasteiger partial charge on any atom is 0.149 e. The minimum absolute atomic E-state index is 0.0938. The van der Waals surface area contributed by atoms with Crippen molar-refractivity contribution >= 4 is 5.69 Å². The molecule has 2 nitrogen and oxygen atoms in total. The van der Waals surface area contributed by atoms with Crippen molar-refractivity contribution in [2.75, 3.05) is 11.9 Å². The molecule has 0 aliphatic carbocycles. The predicted octanol–water partition coefficient (Wildman–Crippen LogP) is 1.89. The molecule has 1 atom stereocenters. The number of hydrogen-bond donors (Lipinski definition) is 2. The largest absolute Gasteiger partial charge is 0.379 e. The van der Waals surface area contributed by atoms with E-state index in [-0.39, 0.29) is 11.9 Å². The van der Waals surface area contributed by atoms with Crippen molar-refractivity contribution in [1.82, 2.24) is 0 Å². The topological polar surface area (TPSA) is 38.0 Å². The first-order chi connectivity index (χ1) is 6.15. The summed E-state index contributed by atoms with van der Waals surface area (Å²) in [6, 6.07) is 5.38. The molecule has 1 aromatic rings. The van der Waals surface area contributed by atoms with E-state index in [2.05, 4.69) is 5.32 Å². The van der Waals surface area contributed by atoms with Crippen LogP contribution >= 0.6 is 0 Å². The van der Waals surface area contributed by atoms with Crippen LogP contribution in [0.2, 0.25) is 0 Å². The van der Waals surface area contributed by atoms with Gasteiger partial charge in [-0.3, -0.25) is 0 Å². The Kier molecular flexibility index (Phi) is 3.25. The Bertz CT molecular complexity index is 286. The van der Waals surface area contributed by atoms with Gasteiger partial charge in [-0.05, 0) is 25.5 Å². The Morgan fingerprint density at radius 3 is 2.85 bits per heavy atom. The molecule has 1 unspecified atom stereocenters. The van der Waals surface area contributed by atoms with Crippen molar-refractivity contribution < 1.29 is 4.39 Å². The van der Waals surface area contributed by atoms with Crippen LogP contribution in [0.3, 0.4) is 0 Å². The Hall–Kier alpha value is -1.09. The highest BCUT2D eigenvalue weighted by Crippen LogP contribution is 2.17. The van der Waals surface area contributed by atoms with Gasteiger partial charge >= 0.3 is 0 Å². The van der Waals surface area contributed by atoms with Gasteiger partial charge in [0.2, 0.25) is 0 Å². The number of rotatable bonds is 3.